The highest BCUT2D eigenvalue weighted by molar-refractivity contribution is 9.10. The van der Waals surface area contributed by atoms with E-state index < -0.39 is 17.7 Å². The molecule has 0 saturated heterocycles. The second kappa shape index (κ2) is 5.89. The number of halogens is 3. The van der Waals surface area contributed by atoms with Gasteiger partial charge in [-0.05, 0) is 30.2 Å². The predicted octanol–water partition coefficient (Wildman–Crippen LogP) is 4.09. The average Bonchev–Trinajstić information content (AvgIpc) is 2.36. The number of hydrogen-bond acceptors (Lipinski definition) is 2. The van der Waals surface area contributed by atoms with Crippen molar-refractivity contribution in [2.24, 2.45) is 5.73 Å². The Hall–Kier alpha value is -1.46. The van der Waals surface area contributed by atoms with Crippen molar-refractivity contribution in [3.63, 3.8) is 0 Å². The molecule has 0 heterocycles. The number of rotatable bonds is 3. The first kappa shape index (κ1) is 14.9. The van der Waals surface area contributed by atoms with Gasteiger partial charge in [0.05, 0.1) is 13.2 Å². The van der Waals surface area contributed by atoms with Gasteiger partial charge in [0, 0.05) is 22.2 Å². The van der Waals surface area contributed by atoms with Crippen molar-refractivity contribution in [1.29, 1.82) is 0 Å². The molecule has 1 unspecified atom stereocenters. The largest absolute Gasteiger partial charge is 0.497 e. The number of benzene rings is 2. The van der Waals surface area contributed by atoms with Gasteiger partial charge in [-0.3, -0.25) is 0 Å². The van der Waals surface area contributed by atoms with Crippen LogP contribution in [0.15, 0.2) is 34.8 Å². The third-order valence-corrected chi connectivity index (χ3v) is 3.48. The van der Waals surface area contributed by atoms with Crippen LogP contribution < -0.4 is 10.5 Å². The van der Waals surface area contributed by atoms with Gasteiger partial charge in [0.25, 0.3) is 0 Å². The molecular weight excluding hydrogens is 328 g/mol. The van der Waals surface area contributed by atoms with Crippen molar-refractivity contribution in [3.05, 3.63) is 63.1 Å². The first-order valence-corrected chi connectivity index (χ1v) is 6.77. The van der Waals surface area contributed by atoms with Gasteiger partial charge in [-0.2, -0.15) is 0 Å². The summed E-state index contributed by atoms with van der Waals surface area (Å²) in [6.45, 7) is 1.89. The Labute approximate surface area is 124 Å². The van der Waals surface area contributed by atoms with Crippen molar-refractivity contribution in [1.82, 2.24) is 0 Å². The van der Waals surface area contributed by atoms with E-state index >= 15 is 0 Å². The molecule has 2 aromatic rings. The maximum atomic E-state index is 14.0. The monoisotopic (exact) mass is 341 g/mol. The Morgan fingerprint density at radius 3 is 2.20 bits per heavy atom. The molecule has 0 bridgehead atoms. The molecule has 0 aliphatic heterocycles. The number of ether oxygens (including phenoxy) is 1. The molecular formula is C15H14BrF2NO. The highest BCUT2D eigenvalue weighted by Gasteiger charge is 2.20. The van der Waals surface area contributed by atoms with Crippen LogP contribution in [0.25, 0.3) is 0 Å². The summed E-state index contributed by atoms with van der Waals surface area (Å²) in [5, 5.41) is 0. The van der Waals surface area contributed by atoms with Gasteiger partial charge >= 0.3 is 0 Å². The summed E-state index contributed by atoms with van der Waals surface area (Å²) in [5.41, 5.74) is 7.44. The van der Waals surface area contributed by atoms with E-state index in [0.29, 0.717) is 5.56 Å². The Kier molecular flexibility index (Phi) is 4.40. The minimum absolute atomic E-state index is 0.126. The van der Waals surface area contributed by atoms with E-state index in [2.05, 4.69) is 15.9 Å². The van der Waals surface area contributed by atoms with Crippen molar-refractivity contribution in [2.75, 3.05) is 7.11 Å². The van der Waals surface area contributed by atoms with Crippen LogP contribution in [-0.2, 0) is 0 Å². The van der Waals surface area contributed by atoms with Crippen molar-refractivity contribution >= 4 is 15.9 Å². The first-order chi connectivity index (χ1) is 9.42. The fourth-order valence-corrected chi connectivity index (χ4v) is 2.71. The molecule has 0 fully saturated rings. The van der Waals surface area contributed by atoms with Gasteiger partial charge in [0.1, 0.15) is 17.4 Å². The molecule has 1 atom stereocenters. The molecule has 0 radical (unpaired) electrons. The summed E-state index contributed by atoms with van der Waals surface area (Å²) in [4.78, 5) is 0. The van der Waals surface area contributed by atoms with Crippen LogP contribution in [0.5, 0.6) is 5.75 Å². The van der Waals surface area contributed by atoms with E-state index in [4.69, 9.17) is 10.5 Å². The van der Waals surface area contributed by atoms with Crippen molar-refractivity contribution in [3.8, 4) is 5.75 Å². The van der Waals surface area contributed by atoms with Crippen molar-refractivity contribution in [2.45, 2.75) is 13.0 Å². The zero-order valence-electron chi connectivity index (χ0n) is 11.1. The number of aryl methyl sites for hydroxylation is 1. The van der Waals surface area contributed by atoms with E-state index in [0.717, 1.165) is 22.2 Å². The van der Waals surface area contributed by atoms with Crippen LogP contribution >= 0.6 is 15.9 Å². The van der Waals surface area contributed by atoms with Crippen molar-refractivity contribution < 1.29 is 13.5 Å². The van der Waals surface area contributed by atoms with Gasteiger partial charge in [-0.1, -0.05) is 22.0 Å². The smallest absolute Gasteiger partial charge is 0.134 e. The SMILES string of the molecule is COc1cc(F)c(C(N)c2cc(C)cc(Br)c2)c(F)c1. The molecule has 5 heteroatoms. The molecule has 0 aromatic heterocycles. The van der Waals surface area contributed by atoms with Gasteiger partial charge < -0.3 is 10.5 Å². The second-order valence-electron chi connectivity index (χ2n) is 4.54. The average molecular weight is 342 g/mol. The zero-order chi connectivity index (χ0) is 14.9. The van der Waals surface area contributed by atoms with Crippen LogP contribution in [0.3, 0.4) is 0 Å². The summed E-state index contributed by atoms with van der Waals surface area (Å²) in [5.74, 6) is -1.31. The summed E-state index contributed by atoms with van der Waals surface area (Å²) < 4.78 is 33.7. The molecule has 0 aliphatic carbocycles. The van der Waals surface area contributed by atoms with E-state index in [1.165, 1.54) is 7.11 Å². The van der Waals surface area contributed by atoms with E-state index in [9.17, 15) is 8.78 Å². The number of nitrogens with two attached hydrogens (primary N) is 1. The summed E-state index contributed by atoms with van der Waals surface area (Å²) in [6, 6.07) is 6.83. The minimum Gasteiger partial charge on any atom is -0.497 e. The van der Waals surface area contributed by atoms with E-state index in [1.54, 1.807) is 12.1 Å². The molecule has 20 heavy (non-hydrogen) atoms. The Morgan fingerprint density at radius 1 is 1.10 bits per heavy atom. The highest BCUT2D eigenvalue weighted by Crippen LogP contribution is 2.30. The third-order valence-electron chi connectivity index (χ3n) is 3.02. The fourth-order valence-electron chi connectivity index (χ4n) is 2.09. The molecule has 0 spiro atoms. The Bertz CT molecular complexity index is 603. The normalized spacial score (nSPS) is 12.3. The lowest BCUT2D eigenvalue weighted by Gasteiger charge is -2.16. The number of hydrogen-bond donors (Lipinski definition) is 1. The Balaban J connectivity index is 2.50. The zero-order valence-corrected chi connectivity index (χ0v) is 12.7. The van der Waals surface area contributed by atoms with Gasteiger partial charge in [0.15, 0.2) is 0 Å². The molecule has 106 valence electrons. The first-order valence-electron chi connectivity index (χ1n) is 5.98. The third kappa shape index (κ3) is 2.99. The van der Waals surface area contributed by atoms with Gasteiger partial charge in [-0.25, -0.2) is 8.78 Å². The van der Waals surface area contributed by atoms with E-state index in [-0.39, 0.29) is 11.3 Å². The quantitative estimate of drug-likeness (QED) is 0.912. The maximum absolute atomic E-state index is 14.0. The Morgan fingerprint density at radius 2 is 1.70 bits per heavy atom. The summed E-state index contributed by atoms with van der Waals surface area (Å²) >= 11 is 3.35. The molecule has 0 amide bonds. The lowest BCUT2D eigenvalue weighted by Crippen LogP contribution is -2.16. The fraction of sp³-hybridized carbons (Fsp3) is 0.200. The maximum Gasteiger partial charge on any atom is 0.134 e. The predicted molar refractivity (Wildman–Crippen MR) is 77.8 cm³/mol. The van der Waals surface area contributed by atoms with Crippen LogP contribution in [-0.4, -0.2) is 7.11 Å². The lowest BCUT2D eigenvalue weighted by atomic mass is 9.97. The van der Waals surface area contributed by atoms with Gasteiger partial charge in [-0.15, -0.1) is 0 Å². The summed E-state index contributed by atoms with van der Waals surface area (Å²) in [6.07, 6.45) is 0. The van der Waals surface area contributed by atoms with Crippen LogP contribution in [0.2, 0.25) is 0 Å². The number of methoxy groups -OCH3 is 1. The molecule has 2 N–H and O–H groups in total. The van der Waals surface area contributed by atoms with Crippen LogP contribution in [0.4, 0.5) is 8.78 Å². The van der Waals surface area contributed by atoms with Gasteiger partial charge in [0.2, 0.25) is 0 Å². The molecule has 0 aliphatic rings. The molecule has 2 nitrogen and oxygen atoms in total. The molecule has 2 aromatic carbocycles. The summed E-state index contributed by atoms with van der Waals surface area (Å²) in [7, 11) is 1.35. The topological polar surface area (TPSA) is 35.2 Å². The van der Waals surface area contributed by atoms with Crippen LogP contribution in [0, 0.1) is 18.6 Å². The molecule has 0 saturated carbocycles. The standard InChI is InChI=1S/C15H14BrF2NO/c1-8-3-9(5-10(16)4-8)15(19)14-12(17)6-11(20-2)7-13(14)18/h3-7,15H,19H2,1-2H3. The van der Waals surface area contributed by atoms with Crippen LogP contribution in [0.1, 0.15) is 22.7 Å². The molecule has 2 rings (SSSR count). The lowest BCUT2D eigenvalue weighted by molar-refractivity contribution is 0.404. The van der Waals surface area contributed by atoms with E-state index in [1.807, 2.05) is 13.0 Å². The highest BCUT2D eigenvalue weighted by atomic mass is 79.9. The minimum atomic E-state index is -0.878. The second-order valence-corrected chi connectivity index (χ2v) is 5.46.